The van der Waals surface area contributed by atoms with Crippen molar-refractivity contribution >= 4 is 29.9 Å². The molecule has 1 aromatic rings. The first-order chi connectivity index (χ1) is 12.3. The molecule has 1 aliphatic rings. The zero-order chi connectivity index (χ0) is 17.9. The van der Waals surface area contributed by atoms with Crippen LogP contribution in [0.15, 0.2) is 23.3 Å². The zero-order valence-corrected chi connectivity index (χ0v) is 18.3. The van der Waals surface area contributed by atoms with Crippen LogP contribution in [0.25, 0.3) is 0 Å². The highest BCUT2D eigenvalue weighted by molar-refractivity contribution is 14.0. The molecule has 0 radical (unpaired) electrons. The lowest BCUT2D eigenvalue weighted by Crippen LogP contribution is -2.46. The average molecular weight is 478 g/mol. The van der Waals surface area contributed by atoms with E-state index in [2.05, 4.69) is 20.2 Å². The van der Waals surface area contributed by atoms with E-state index in [0.29, 0.717) is 18.5 Å². The summed E-state index contributed by atoms with van der Waals surface area (Å²) in [6, 6.07) is 3.87. The summed E-state index contributed by atoms with van der Waals surface area (Å²) in [5.41, 5.74) is 1.10. The molecule has 8 heteroatoms. The van der Waals surface area contributed by atoms with E-state index in [9.17, 15) is 0 Å². The Morgan fingerprint density at radius 2 is 2.04 bits per heavy atom. The Morgan fingerprint density at radius 3 is 2.62 bits per heavy atom. The van der Waals surface area contributed by atoms with Gasteiger partial charge in [-0.2, -0.15) is 0 Å². The minimum absolute atomic E-state index is 0. The molecular formula is C18H31IN4O3. The van der Waals surface area contributed by atoms with Crippen LogP contribution in [0.4, 0.5) is 0 Å². The molecule has 0 spiro atoms. The third-order valence-corrected chi connectivity index (χ3v) is 4.26. The normalized spacial score (nSPS) is 15.5. The summed E-state index contributed by atoms with van der Waals surface area (Å²) in [5.74, 6) is 1.55. The Labute approximate surface area is 173 Å². The maximum atomic E-state index is 5.91. The molecule has 0 aromatic carbocycles. The molecule has 1 N–H and O–H groups in total. The molecule has 0 aliphatic carbocycles. The van der Waals surface area contributed by atoms with E-state index in [4.69, 9.17) is 14.2 Å². The van der Waals surface area contributed by atoms with Gasteiger partial charge in [-0.25, -0.2) is 4.98 Å². The van der Waals surface area contributed by atoms with E-state index in [-0.39, 0.29) is 24.0 Å². The molecule has 0 bridgehead atoms. The highest BCUT2D eigenvalue weighted by atomic mass is 127. The quantitative estimate of drug-likeness (QED) is 0.268. The Hall–Kier alpha value is -1.13. The summed E-state index contributed by atoms with van der Waals surface area (Å²) in [6.45, 7) is 4.13. The molecule has 7 nitrogen and oxygen atoms in total. The number of aromatic nitrogens is 1. The highest BCUT2D eigenvalue weighted by Crippen LogP contribution is 2.14. The number of aliphatic imine (C=N–C) groups is 1. The molecule has 0 atom stereocenters. The standard InChI is InChI=1S/C18H30N4O3.HI/c1-19-18(21-14-15-5-6-17(24-3)20-13-15)22-9-7-16(8-10-22)25-12-4-11-23-2;/h5-6,13,16H,4,7-12,14H2,1-3H3,(H,19,21);1H. The number of nitrogens with zero attached hydrogens (tertiary/aromatic N) is 3. The molecular weight excluding hydrogens is 447 g/mol. The first-order valence-electron chi connectivity index (χ1n) is 8.82. The topological polar surface area (TPSA) is 68.2 Å². The van der Waals surface area contributed by atoms with Crippen LogP contribution in [-0.2, 0) is 16.0 Å². The van der Waals surface area contributed by atoms with Gasteiger partial charge >= 0.3 is 0 Å². The summed E-state index contributed by atoms with van der Waals surface area (Å²) in [7, 11) is 5.16. The number of methoxy groups -OCH3 is 2. The number of nitrogens with one attached hydrogen (secondary N) is 1. The van der Waals surface area contributed by atoms with Gasteiger partial charge in [-0.3, -0.25) is 4.99 Å². The fraction of sp³-hybridized carbons (Fsp3) is 0.667. The van der Waals surface area contributed by atoms with Gasteiger partial charge in [0, 0.05) is 59.3 Å². The number of likely N-dealkylation sites (tertiary alicyclic amines) is 1. The number of rotatable bonds is 8. The van der Waals surface area contributed by atoms with Crippen LogP contribution in [0.5, 0.6) is 5.88 Å². The number of guanidine groups is 1. The van der Waals surface area contributed by atoms with Crippen LogP contribution in [0.3, 0.4) is 0 Å². The van der Waals surface area contributed by atoms with E-state index in [1.54, 1.807) is 14.2 Å². The van der Waals surface area contributed by atoms with E-state index < -0.39 is 0 Å². The second kappa shape index (κ2) is 13.1. The summed E-state index contributed by atoms with van der Waals surface area (Å²) in [5, 5.41) is 3.41. The first kappa shape index (κ1) is 22.9. The van der Waals surface area contributed by atoms with Crippen molar-refractivity contribution in [2.45, 2.75) is 31.9 Å². The van der Waals surface area contributed by atoms with E-state index >= 15 is 0 Å². The third kappa shape index (κ3) is 7.63. The minimum atomic E-state index is 0. The maximum absolute atomic E-state index is 5.91. The smallest absolute Gasteiger partial charge is 0.212 e. The van der Waals surface area contributed by atoms with Gasteiger partial charge in [0.1, 0.15) is 0 Å². The average Bonchev–Trinajstić information content (AvgIpc) is 2.67. The van der Waals surface area contributed by atoms with Crippen LogP contribution in [0.2, 0.25) is 0 Å². The zero-order valence-electron chi connectivity index (χ0n) is 15.9. The molecule has 148 valence electrons. The van der Waals surface area contributed by atoms with Crippen molar-refractivity contribution in [1.82, 2.24) is 15.2 Å². The molecule has 0 amide bonds. The van der Waals surface area contributed by atoms with Gasteiger partial charge in [-0.1, -0.05) is 6.07 Å². The van der Waals surface area contributed by atoms with Crippen LogP contribution < -0.4 is 10.1 Å². The Morgan fingerprint density at radius 1 is 1.27 bits per heavy atom. The summed E-state index contributed by atoms with van der Waals surface area (Å²) >= 11 is 0. The molecule has 1 fully saturated rings. The molecule has 1 aromatic heterocycles. The van der Waals surface area contributed by atoms with Crippen LogP contribution in [0.1, 0.15) is 24.8 Å². The summed E-state index contributed by atoms with van der Waals surface area (Å²) < 4.78 is 16.0. The van der Waals surface area contributed by atoms with Gasteiger partial charge in [0.25, 0.3) is 0 Å². The van der Waals surface area contributed by atoms with Gasteiger partial charge in [0.15, 0.2) is 5.96 Å². The predicted molar refractivity (Wildman–Crippen MR) is 113 cm³/mol. The Bertz CT molecular complexity index is 520. The summed E-state index contributed by atoms with van der Waals surface area (Å²) in [6.07, 6.45) is 5.17. The third-order valence-electron chi connectivity index (χ3n) is 4.26. The number of hydrogen-bond donors (Lipinski definition) is 1. The van der Waals surface area contributed by atoms with E-state index in [0.717, 1.165) is 57.1 Å². The fourth-order valence-electron chi connectivity index (χ4n) is 2.84. The first-order valence-corrected chi connectivity index (χ1v) is 8.82. The lowest BCUT2D eigenvalue weighted by Gasteiger charge is -2.34. The molecule has 0 saturated carbocycles. The van der Waals surface area contributed by atoms with Gasteiger partial charge < -0.3 is 24.4 Å². The predicted octanol–water partition coefficient (Wildman–Crippen LogP) is 2.30. The lowest BCUT2D eigenvalue weighted by molar-refractivity contribution is 0.00989. The van der Waals surface area contributed by atoms with Crippen molar-refractivity contribution in [3.63, 3.8) is 0 Å². The lowest BCUT2D eigenvalue weighted by atomic mass is 10.1. The van der Waals surface area contributed by atoms with Crippen LogP contribution in [0, 0.1) is 0 Å². The molecule has 0 unspecified atom stereocenters. The summed E-state index contributed by atoms with van der Waals surface area (Å²) in [4.78, 5) is 10.9. The van der Waals surface area contributed by atoms with Gasteiger partial charge in [-0.05, 0) is 24.8 Å². The van der Waals surface area contributed by atoms with Crippen molar-refractivity contribution in [2.24, 2.45) is 4.99 Å². The van der Waals surface area contributed by atoms with Crippen molar-refractivity contribution in [3.8, 4) is 5.88 Å². The number of ether oxygens (including phenoxy) is 3. The van der Waals surface area contributed by atoms with Crippen molar-refractivity contribution < 1.29 is 14.2 Å². The number of pyridine rings is 1. The fourth-order valence-corrected chi connectivity index (χ4v) is 2.84. The van der Waals surface area contributed by atoms with Gasteiger partial charge in [-0.15, -0.1) is 24.0 Å². The molecule has 26 heavy (non-hydrogen) atoms. The SMILES string of the molecule is CN=C(NCc1ccc(OC)nc1)N1CCC(OCCCOC)CC1.I. The molecule has 2 rings (SSSR count). The van der Waals surface area contributed by atoms with E-state index in [1.165, 1.54) is 0 Å². The Balaban J connectivity index is 0.00000338. The van der Waals surface area contributed by atoms with Crippen molar-refractivity contribution in [2.75, 3.05) is 47.6 Å². The monoisotopic (exact) mass is 478 g/mol. The molecule has 2 heterocycles. The second-order valence-electron chi connectivity index (χ2n) is 6.01. The van der Waals surface area contributed by atoms with Crippen molar-refractivity contribution in [3.05, 3.63) is 23.9 Å². The van der Waals surface area contributed by atoms with Gasteiger partial charge in [0.05, 0.1) is 13.2 Å². The van der Waals surface area contributed by atoms with Crippen LogP contribution >= 0.6 is 24.0 Å². The Kier molecular flexibility index (Phi) is 11.5. The number of hydrogen-bond acceptors (Lipinski definition) is 5. The number of halogens is 1. The van der Waals surface area contributed by atoms with Crippen LogP contribution in [-0.4, -0.2) is 69.5 Å². The molecule has 1 saturated heterocycles. The minimum Gasteiger partial charge on any atom is -0.481 e. The van der Waals surface area contributed by atoms with Gasteiger partial charge in [0.2, 0.25) is 5.88 Å². The maximum Gasteiger partial charge on any atom is 0.212 e. The molecule has 1 aliphatic heterocycles. The second-order valence-corrected chi connectivity index (χ2v) is 6.01. The highest BCUT2D eigenvalue weighted by Gasteiger charge is 2.21. The van der Waals surface area contributed by atoms with E-state index in [1.807, 2.05) is 25.4 Å². The largest absolute Gasteiger partial charge is 0.481 e. The van der Waals surface area contributed by atoms with Crippen molar-refractivity contribution in [1.29, 1.82) is 0 Å². The number of piperidine rings is 1.